The number of aromatic nitrogens is 2. The molecule has 2 aromatic heterocycles. The summed E-state index contributed by atoms with van der Waals surface area (Å²) in [6.45, 7) is 7.81. The van der Waals surface area contributed by atoms with Gasteiger partial charge in [-0.25, -0.2) is 4.98 Å². The van der Waals surface area contributed by atoms with Crippen LogP contribution < -0.4 is 5.32 Å². The number of furan rings is 1. The number of carbonyl (C=O) groups excluding carboxylic acids is 1. The van der Waals surface area contributed by atoms with Crippen LogP contribution in [0.2, 0.25) is 0 Å². The molecule has 1 amide bonds. The highest BCUT2D eigenvalue weighted by Gasteiger charge is 2.25. The third kappa shape index (κ3) is 5.52. The van der Waals surface area contributed by atoms with Crippen molar-refractivity contribution in [2.24, 2.45) is 0 Å². The molecule has 0 bridgehead atoms. The maximum absolute atomic E-state index is 12.8. The SMILES string of the molecule is Cc1ccc(-c2ncn(C3CCCCC3)c2-c2ccc(C(=O)NCCN3CCN(C)CC3)o2)cc1. The summed E-state index contributed by atoms with van der Waals surface area (Å²) in [7, 11) is 2.15. The molecular weight excluding hydrogens is 438 g/mol. The molecule has 1 saturated heterocycles. The number of amides is 1. The number of likely N-dealkylation sites (N-methyl/N-ethyl adjacent to an activating group) is 1. The average molecular weight is 476 g/mol. The third-order valence-electron chi connectivity index (χ3n) is 7.46. The van der Waals surface area contributed by atoms with Crippen molar-refractivity contribution < 1.29 is 9.21 Å². The van der Waals surface area contributed by atoms with Crippen LogP contribution in [0.25, 0.3) is 22.7 Å². The fraction of sp³-hybridized carbons (Fsp3) is 0.500. The monoisotopic (exact) mass is 475 g/mol. The van der Waals surface area contributed by atoms with Crippen molar-refractivity contribution >= 4 is 5.91 Å². The molecule has 1 aromatic carbocycles. The van der Waals surface area contributed by atoms with Gasteiger partial charge in [0.2, 0.25) is 0 Å². The normalized spacial score (nSPS) is 18.1. The fourth-order valence-corrected chi connectivity index (χ4v) is 5.24. The minimum atomic E-state index is -0.161. The van der Waals surface area contributed by atoms with Crippen LogP contribution in [0.1, 0.15) is 54.3 Å². The van der Waals surface area contributed by atoms with Gasteiger partial charge in [-0.15, -0.1) is 0 Å². The molecule has 7 heteroatoms. The minimum absolute atomic E-state index is 0.161. The summed E-state index contributed by atoms with van der Waals surface area (Å²) in [5.41, 5.74) is 4.16. The lowest BCUT2D eigenvalue weighted by molar-refractivity contribution is 0.0914. The topological polar surface area (TPSA) is 66.5 Å². The highest BCUT2D eigenvalue weighted by Crippen LogP contribution is 2.38. The van der Waals surface area contributed by atoms with E-state index in [1.165, 1.54) is 24.8 Å². The second-order valence-corrected chi connectivity index (χ2v) is 10.1. The number of nitrogens with zero attached hydrogens (tertiary/aromatic N) is 4. The Labute approximate surface area is 208 Å². The molecule has 2 aliphatic rings. The number of nitrogens with one attached hydrogen (secondary N) is 1. The number of aryl methyl sites for hydroxylation is 1. The van der Waals surface area contributed by atoms with Crippen LogP contribution >= 0.6 is 0 Å². The Morgan fingerprint density at radius 3 is 2.51 bits per heavy atom. The molecule has 2 fully saturated rings. The summed E-state index contributed by atoms with van der Waals surface area (Å²) in [5, 5.41) is 3.04. The van der Waals surface area contributed by atoms with Crippen molar-refractivity contribution in [1.82, 2.24) is 24.7 Å². The minimum Gasteiger partial charge on any atom is -0.449 e. The molecular formula is C28H37N5O2. The second-order valence-electron chi connectivity index (χ2n) is 10.1. The predicted octanol–water partition coefficient (Wildman–Crippen LogP) is 4.60. The molecule has 186 valence electrons. The predicted molar refractivity (Wildman–Crippen MR) is 138 cm³/mol. The van der Waals surface area contributed by atoms with Crippen LogP contribution in [0.4, 0.5) is 0 Å². The molecule has 0 radical (unpaired) electrons. The Hall–Kier alpha value is -2.90. The zero-order chi connectivity index (χ0) is 24.2. The highest BCUT2D eigenvalue weighted by atomic mass is 16.4. The van der Waals surface area contributed by atoms with E-state index in [1.807, 2.05) is 12.4 Å². The van der Waals surface area contributed by atoms with Crippen molar-refractivity contribution in [1.29, 1.82) is 0 Å². The summed E-state index contributed by atoms with van der Waals surface area (Å²) >= 11 is 0. The van der Waals surface area contributed by atoms with Crippen LogP contribution in [0.15, 0.2) is 47.1 Å². The van der Waals surface area contributed by atoms with Crippen molar-refractivity contribution in [3.05, 3.63) is 54.0 Å². The second kappa shape index (κ2) is 10.8. The quantitative estimate of drug-likeness (QED) is 0.541. The molecule has 0 atom stereocenters. The third-order valence-corrected chi connectivity index (χ3v) is 7.46. The fourth-order valence-electron chi connectivity index (χ4n) is 5.24. The van der Waals surface area contributed by atoms with Crippen LogP contribution in [-0.2, 0) is 0 Å². The number of hydrogen-bond donors (Lipinski definition) is 1. The van der Waals surface area contributed by atoms with Crippen molar-refractivity contribution in [3.8, 4) is 22.7 Å². The average Bonchev–Trinajstić information content (AvgIpc) is 3.54. The van der Waals surface area contributed by atoms with E-state index >= 15 is 0 Å². The number of piperazine rings is 1. The first-order valence-corrected chi connectivity index (χ1v) is 13.0. The van der Waals surface area contributed by atoms with Crippen molar-refractivity contribution in [3.63, 3.8) is 0 Å². The van der Waals surface area contributed by atoms with Crippen LogP contribution in [0.5, 0.6) is 0 Å². The summed E-state index contributed by atoms with van der Waals surface area (Å²) in [6.07, 6.45) is 8.03. The molecule has 7 nitrogen and oxygen atoms in total. The molecule has 3 heterocycles. The van der Waals surface area contributed by atoms with Gasteiger partial charge in [-0.1, -0.05) is 49.1 Å². The van der Waals surface area contributed by atoms with E-state index in [4.69, 9.17) is 9.40 Å². The van der Waals surface area contributed by atoms with Gasteiger partial charge < -0.3 is 19.2 Å². The molecule has 0 unspecified atom stereocenters. The van der Waals surface area contributed by atoms with Crippen molar-refractivity contribution in [2.75, 3.05) is 46.3 Å². The van der Waals surface area contributed by atoms with E-state index in [0.29, 0.717) is 24.1 Å². The smallest absolute Gasteiger partial charge is 0.287 e. The highest BCUT2D eigenvalue weighted by molar-refractivity contribution is 5.92. The number of carbonyl (C=O) groups is 1. The van der Waals surface area contributed by atoms with Gasteiger partial charge in [0.25, 0.3) is 5.91 Å². The number of rotatable bonds is 7. The Bertz CT molecular complexity index is 1120. The molecule has 0 spiro atoms. The summed E-state index contributed by atoms with van der Waals surface area (Å²) in [5.74, 6) is 0.892. The van der Waals surface area contributed by atoms with Gasteiger partial charge in [-0.2, -0.15) is 0 Å². The van der Waals surface area contributed by atoms with Gasteiger partial charge >= 0.3 is 0 Å². The van der Waals surface area contributed by atoms with Gasteiger partial charge in [-0.05, 0) is 38.9 Å². The van der Waals surface area contributed by atoms with Gasteiger partial charge in [0, 0.05) is 50.9 Å². The molecule has 35 heavy (non-hydrogen) atoms. The Morgan fingerprint density at radius 2 is 1.77 bits per heavy atom. The van der Waals surface area contributed by atoms with Crippen LogP contribution in [-0.4, -0.2) is 71.6 Å². The first-order chi connectivity index (χ1) is 17.1. The zero-order valence-electron chi connectivity index (χ0n) is 21.0. The van der Waals surface area contributed by atoms with Crippen LogP contribution in [0.3, 0.4) is 0 Å². The van der Waals surface area contributed by atoms with Crippen molar-refractivity contribution in [2.45, 2.75) is 45.1 Å². The molecule has 1 saturated carbocycles. The van der Waals surface area contributed by atoms with E-state index in [-0.39, 0.29) is 5.91 Å². The first-order valence-electron chi connectivity index (χ1n) is 13.0. The van der Waals surface area contributed by atoms with E-state index in [2.05, 4.69) is 57.9 Å². The summed E-state index contributed by atoms with van der Waals surface area (Å²) < 4.78 is 8.45. The van der Waals surface area contributed by atoms with Gasteiger partial charge in [0.1, 0.15) is 5.69 Å². The lowest BCUT2D eigenvalue weighted by Crippen LogP contribution is -2.46. The van der Waals surface area contributed by atoms with Gasteiger partial charge in [0.05, 0.1) is 12.0 Å². The molecule has 1 N–H and O–H groups in total. The Morgan fingerprint density at radius 1 is 1.03 bits per heavy atom. The molecule has 5 rings (SSSR count). The maximum atomic E-state index is 12.8. The standard InChI is InChI=1S/C28H37N5O2/c1-21-8-10-22(11-9-21)26-27(33(20-30-26)23-6-4-3-5-7-23)24-12-13-25(35-24)28(34)29-14-15-32-18-16-31(2)17-19-32/h8-13,20,23H,3-7,14-19H2,1-2H3,(H,29,34). The van der Waals surface area contributed by atoms with Gasteiger partial charge in [0.15, 0.2) is 11.5 Å². The first kappa shape index (κ1) is 23.8. The number of benzene rings is 1. The Balaban J connectivity index is 1.34. The number of imidazole rings is 1. The van der Waals surface area contributed by atoms with E-state index in [9.17, 15) is 4.79 Å². The lowest BCUT2D eigenvalue weighted by atomic mass is 9.95. The molecule has 1 aliphatic heterocycles. The van der Waals surface area contributed by atoms with E-state index in [1.54, 1.807) is 6.07 Å². The number of hydrogen-bond acceptors (Lipinski definition) is 5. The zero-order valence-corrected chi connectivity index (χ0v) is 21.0. The lowest BCUT2D eigenvalue weighted by Gasteiger charge is -2.32. The summed E-state index contributed by atoms with van der Waals surface area (Å²) in [6, 6.07) is 12.6. The van der Waals surface area contributed by atoms with Crippen LogP contribution in [0, 0.1) is 6.92 Å². The Kier molecular flexibility index (Phi) is 7.35. The largest absolute Gasteiger partial charge is 0.449 e. The van der Waals surface area contributed by atoms with E-state index in [0.717, 1.165) is 62.5 Å². The van der Waals surface area contributed by atoms with Gasteiger partial charge in [-0.3, -0.25) is 9.69 Å². The summed E-state index contributed by atoms with van der Waals surface area (Å²) in [4.78, 5) is 22.4. The molecule has 1 aliphatic carbocycles. The van der Waals surface area contributed by atoms with E-state index < -0.39 is 0 Å². The maximum Gasteiger partial charge on any atom is 0.287 e. The molecule has 3 aromatic rings.